The van der Waals surface area contributed by atoms with Gasteiger partial charge in [0.05, 0.1) is 64.9 Å². The van der Waals surface area contributed by atoms with Gasteiger partial charge in [-0.3, -0.25) is 19.2 Å². The summed E-state index contributed by atoms with van der Waals surface area (Å²) in [7, 11) is 7.52. The molecule has 0 N–H and O–H groups in total. The molecule has 6 unspecified atom stereocenters. The number of allylic oxidation sites excluding steroid dienone is 1. The van der Waals surface area contributed by atoms with E-state index in [2.05, 4.69) is 98.6 Å². The van der Waals surface area contributed by atoms with Crippen molar-refractivity contribution in [3.05, 3.63) is 84.5 Å². The van der Waals surface area contributed by atoms with Gasteiger partial charge in [0.1, 0.15) is 0 Å². The Bertz CT molecular complexity index is 1610. The predicted octanol–water partition coefficient (Wildman–Crippen LogP) is 12.1. The predicted molar refractivity (Wildman–Crippen MR) is 272 cm³/mol. The molecule has 1 amide bonds. The third-order valence-electron chi connectivity index (χ3n) is 12.6. The van der Waals surface area contributed by atoms with Crippen LogP contribution in [0.25, 0.3) is 0 Å². The molecule has 11 nitrogen and oxygen atoms in total. The van der Waals surface area contributed by atoms with Gasteiger partial charge in [0, 0.05) is 46.1 Å². The number of likely N-dealkylation sites (N-methyl/N-ethyl adjacent to an activating group) is 1. The van der Waals surface area contributed by atoms with Crippen molar-refractivity contribution in [2.45, 2.75) is 141 Å². The Kier molecular flexibility index (Phi) is 34.4. The van der Waals surface area contributed by atoms with Gasteiger partial charge in [-0.15, -0.1) is 0 Å². The first-order chi connectivity index (χ1) is 30.2. The summed E-state index contributed by atoms with van der Waals surface area (Å²) in [5.74, 6) is 1.55. The third-order valence-corrected chi connectivity index (χ3v) is 12.6. The Labute approximate surface area is 403 Å². The molecule has 1 heterocycles. The number of esters is 3. The van der Waals surface area contributed by atoms with Crippen molar-refractivity contribution in [2.24, 2.45) is 47.3 Å². The second-order valence-electron chi connectivity index (χ2n) is 18.5. The molecular formula is C55H95NO10. The molecule has 0 spiro atoms. The lowest BCUT2D eigenvalue weighted by atomic mass is 9.78. The molecule has 1 aromatic rings. The van der Waals surface area contributed by atoms with E-state index < -0.39 is 5.60 Å². The largest absolute Gasteiger partial charge is 0.469 e. The van der Waals surface area contributed by atoms with E-state index in [0.29, 0.717) is 55.4 Å². The Morgan fingerprint density at radius 2 is 1.15 bits per heavy atom. The highest BCUT2D eigenvalue weighted by atomic mass is 16.5. The fraction of sp³-hybridized carbons (Fsp3) is 0.673. The topological polar surface area (TPSA) is 127 Å². The third kappa shape index (κ3) is 23.6. The number of carbonyl (C=O) groups is 4. The lowest BCUT2D eigenvalue weighted by Gasteiger charge is -2.35. The van der Waals surface area contributed by atoms with E-state index in [1.165, 1.54) is 21.3 Å². The lowest BCUT2D eigenvalue weighted by molar-refractivity contribution is -0.144. The number of methoxy groups -OCH3 is 5. The normalized spacial score (nSPS) is 15.4. The maximum Gasteiger partial charge on any atom is 0.306 e. The van der Waals surface area contributed by atoms with Crippen LogP contribution < -0.4 is 0 Å². The van der Waals surface area contributed by atoms with Crippen LogP contribution in [0.1, 0.15) is 135 Å². The van der Waals surface area contributed by atoms with Crippen molar-refractivity contribution in [3.63, 3.8) is 0 Å². The van der Waals surface area contributed by atoms with Crippen molar-refractivity contribution >= 4 is 23.8 Å². The molecule has 6 atom stereocenters. The van der Waals surface area contributed by atoms with Crippen LogP contribution in [0, 0.1) is 47.3 Å². The summed E-state index contributed by atoms with van der Waals surface area (Å²) in [4.78, 5) is 47.7. The monoisotopic (exact) mass is 930 g/mol. The van der Waals surface area contributed by atoms with Gasteiger partial charge in [0.25, 0.3) is 0 Å². The van der Waals surface area contributed by atoms with Gasteiger partial charge in [-0.1, -0.05) is 136 Å². The van der Waals surface area contributed by atoms with E-state index in [9.17, 15) is 19.2 Å². The zero-order valence-corrected chi connectivity index (χ0v) is 44.0. The molecule has 0 radical (unpaired) electrons. The van der Waals surface area contributed by atoms with Crippen LogP contribution >= 0.6 is 0 Å². The lowest BCUT2D eigenvalue weighted by Crippen LogP contribution is -2.37. The molecule has 1 aliphatic heterocycles. The Balaban J connectivity index is -0.000000800. The Morgan fingerprint density at radius 3 is 1.52 bits per heavy atom. The number of benzene rings is 1. The Hall–Kier alpha value is -4.06. The first kappa shape index (κ1) is 66.2. The minimum atomic E-state index is -0.407. The first-order valence-corrected chi connectivity index (χ1v) is 23.2. The van der Waals surface area contributed by atoms with Crippen molar-refractivity contribution in [2.75, 3.05) is 55.3 Å². The molecule has 0 aliphatic carbocycles. The summed E-state index contributed by atoms with van der Waals surface area (Å²) >= 11 is 0. The molecule has 66 heavy (non-hydrogen) atoms. The number of ether oxygens (including phenoxy) is 6. The van der Waals surface area contributed by atoms with Crippen LogP contribution in [-0.2, 0) is 47.6 Å². The van der Waals surface area contributed by atoms with Gasteiger partial charge in [-0.25, -0.2) is 0 Å². The van der Waals surface area contributed by atoms with Gasteiger partial charge >= 0.3 is 17.9 Å². The van der Waals surface area contributed by atoms with E-state index >= 15 is 0 Å². The molecule has 1 saturated heterocycles. The number of nitrogens with zero attached hydrogens (tertiary/aromatic N) is 1. The summed E-state index contributed by atoms with van der Waals surface area (Å²) in [6.07, 6.45) is 2.09. The standard InChI is InChI=1S/C16H23NO.C13H22O3.C13H24O3.C12H22O3.CH4/c1-6-17(14(5)18)16(13(4)12(2)3)15-10-8-7-9-11-15;1-9(2)10(3)12(7-13(14)15-4)11-5-6-16-8-11;1-9(2)10(3)11(8-12(14)15-6)13(4,5)16-7;1-8(2)9(3)11(10(4)14-5)7-12(13)15-6;/h7-12,16H,4,6H2,1-3,5H3;9,11-12H,3,5-8H2,1-2,4H3;9,11H,3,8H2,1-2,4-7H3;8,10-11H,3,7H2,1-2,4-6H3;1H4. The van der Waals surface area contributed by atoms with Crippen LogP contribution in [-0.4, -0.2) is 95.7 Å². The highest BCUT2D eigenvalue weighted by Gasteiger charge is 2.35. The zero-order chi connectivity index (χ0) is 50.8. The minimum absolute atomic E-state index is 0. The molecule has 1 fully saturated rings. The average Bonchev–Trinajstić information content (AvgIpc) is 3.82. The van der Waals surface area contributed by atoms with Gasteiger partial charge in [0.15, 0.2) is 0 Å². The minimum Gasteiger partial charge on any atom is -0.469 e. The van der Waals surface area contributed by atoms with E-state index in [0.717, 1.165) is 47.5 Å². The summed E-state index contributed by atoms with van der Waals surface area (Å²) in [5, 5.41) is 0. The smallest absolute Gasteiger partial charge is 0.306 e. The number of amides is 1. The maximum absolute atomic E-state index is 11.8. The molecule has 380 valence electrons. The van der Waals surface area contributed by atoms with Gasteiger partial charge < -0.3 is 33.3 Å². The van der Waals surface area contributed by atoms with Crippen LogP contribution in [0.15, 0.2) is 78.9 Å². The second-order valence-corrected chi connectivity index (χ2v) is 18.5. The summed E-state index contributed by atoms with van der Waals surface area (Å²) in [6, 6.07) is 10.1. The molecular weight excluding hydrogens is 835 g/mol. The molecule has 1 aliphatic rings. The molecule has 0 aromatic heterocycles. The van der Waals surface area contributed by atoms with Gasteiger partial charge in [0.2, 0.25) is 5.91 Å². The Morgan fingerprint density at radius 1 is 0.697 bits per heavy atom. The number of hydrogen-bond acceptors (Lipinski definition) is 10. The molecule has 1 aromatic carbocycles. The fourth-order valence-electron chi connectivity index (χ4n) is 7.37. The van der Waals surface area contributed by atoms with Crippen LogP contribution in [0.5, 0.6) is 0 Å². The molecule has 0 bridgehead atoms. The van der Waals surface area contributed by atoms with E-state index in [-0.39, 0.29) is 61.1 Å². The van der Waals surface area contributed by atoms with Crippen LogP contribution in [0.3, 0.4) is 0 Å². The SMILES string of the molecule is C.C=C(C(C)C)C(CC(=O)OC)C(C)(C)OC.C=C(C(C)C)C(CC(=O)OC)C(C)OC.C=C(C(C)C)C(CC(=O)OC)C1CCOC1.C=C(C(C)C)C(c1ccccc1)N(CC)C(C)=O. The zero-order valence-electron chi connectivity index (χ0n) is 44.0. The van der Waals surface area contributed by atoms with E-state index in [1.54, 1.807) is 21.1 Å². The quantitative estimate of drug-likeness (QED) is 0.0630. The van der Waals surface area contributed by atoms with Crippen LogP contribution in [0.2, 0.25) is 0 Å². The summed E-state index contributed by atoms with van der Waals surface area (Å²) in [5.41, 5.74) is 5.01. The van der Waals surface area contributed by atoms with Crippen molar-refractivity contribution in [3.8, 4) is 0 Å². The molecule has 2 rings (SSSR count). The van der Waals surface area contributed by atoms with Crippen molar-refractivity contribution in [1.82, 2.24) is 4.90 Å². The number of rotatable bonds is 22. The van der Waals surface area contributed by atoms with E-state index in [4.69, 9.17) is 23.7 Å². The number of hydrogen-bond donors (Lipinski definition) is 0. The molecule has 0 saturated carbocycles. The summed E-state index contributed by atoms with van der Waals surface area (Å²) in [6.45, 7) is 44.9. The highest BCUT2D eigenvalue weighted by Crippen LogP contribution is 2.35. The highest BCUT2D eigenvalue weighted by molar-refractivity contribution is 5.74. The maximum atomic E-state index is 11.8. The van der Waals surface area contributed by atoms with Crippen LogP contribution in [0.4, 0.5) is 0 Å². The molecule has 11 heteroatoms. The second kappa shape index (κ2) is 34.3. The summed E-state index contributed by atoms with van der Waals surface area (Å²) < 4.78 is 30.2. The van der Waals surface area contributed by atoms with Crippen molar-refractivity contribution in [1.29, 1.82) is 0 Å². The number of carbonyl (C=O) groups excluding carboxylic acids is 4. The van der Waals surface area contributed by atoms with Gasteiger partial charge in [-0.2, -0.15) is 0 Å². The van der Waals surface area contributed by atoms with Crippen molar-refractivity contribution < 1.29 is 47.6 Å². The fourth-order valence-corrected chi connectivity index (χ4v) is 7.37. The average molecular weight is 930 g/mol. The van der Waals surface area contributed by atoms with Gasteiger partial charge in [-0.05, 0) is 80.8 Å². The van der Waals surface area contributed by atoms with E-state index in [1.807, 2.05) is 50.8 Å². The first-order valence-electron chi connectivity index (χ1n) is 23.2.